The number of hydrogen-bond donors (Lipinski definition) is 4. The van der Waals surface area contributed by atoms with Gasteiger partial charge < -0.3 is 15.4 Å². The predicted octanol–water partition coefficient (Wildman–Crippen LogP) is 2.46. The lowest BCUT2D eigenvalue weighted by atomic mass is 10.0. The van der Waals surface area contributed by atoms with Crippen LogP contribution in [0.4, 0.5) is 5.95 Å². The lowest BCUT2D eigenvalue weighted by Crippen LogP contribution is -2.49. The van der Waals surface area contributed by atoms with Crippen molar-refractivity contribution in [3.05, 3.63) is 89.8 Å². The Balaban J connectivity index is 1.71. The summed E-state index contributed by atoms with van der Waals surface area (Å²) in [5, 5.41) is 15.9. The minimum Gasteiger partial charge on any atom is -0.381 e. The second-order valence-electron chi connectivity index (χ2n) is 6.90. The summed E-state index contributed by atoms with van der Waals surface area (Å²) < 4.78 is 0. The number of aromatic amines is 1. The van der Waals surface area contributed by atoms with Crippen molar-refractivity contribution in [2.24, 2.45) is 0 Å². The van der Waals surface area contributed by atoms with Crippen LogP contribution in [0.3, 0.4) is 0 Å². The van der Waals surface area contributed by atoms with Gasteiger partial charge in [-0.2, -0.15) is 0 Å². The third-order valence-corrected chi connectivity index (χ3v) is 4.45. The molecule has 7 nitrogen and oxygen atoms in total. The van der Waals surface area contributed by atoms with E-state index in [1.165, 1.54) is 6.08 Å². The van der Waals surface area contributed by atoms with Crippen molar-refractivity contribution in [1.82, 2.24) is 15.3 Å². The number of anilines is 1. The van der Waals surface area contributed by atoms with Crippen LogP contribution in [0.5, 0.6) is 0 Å². The monoisotopic (exact) mass is 404 g/mol. The zero-order valence-corrected chi connectivity index (χ0v) is 16.6. The van der Waals surface area contributed by atoms with Crippen LogP contribution in [0.15, 0.2) is 72.9 Å². The van der Waals surface area contributed by atoms with Gasteiger partial charge in [-0.1, -0.05) is 60.7 Å². The number of nitrogens with zero attached hydrogens (tertiary/aromatic N) is 1. The SMILES string of the molecule is Cc1cnc(NC(=O)[C@H](O)[C@H](Cc2ccccc2)NC(=O)/C=C/c2ccccc2)[nH]1. The number of carbonyl (C=O) groups is 2. The van der Waals surface area contributed by atoms with Crippen LogP contribution in [0, 0.1) is 6.92 Å². The Bertz CT molecular complexity index is 1000. The van der Waals surface area contributed by atoms with Crippen LogP contribution in [0.2, 0.25) is 0 Å². The topological polar surface area (TPSA) is 107 Å². The van der Waals surface area contributed by atoms with Crippen molar-refractivity contribution >= 4 is 23.8 Å². The van der Waals surface area contributed by atoms with E-state index in [1.807, 2.05) is 60.7 Å². The number of aryl methyl sites for hydroxylation is 1. The highest BCUT2D eigenvalue weighted by Gasteiger charge is 2.28. The largest absolute Gasteiger partial charge is 0.381 e. The number of nitrogens with one attached hydrogen (secondary N) is 3. The van der Waals surface area contributed by atoms with Crippen LogP contribution in [-0.2, 0) is 16.0 Å². The van der Waals surface area contributed by atoms with Gasteiger partial charge in [0.2, 0.25) is 11.9 Å². The van der Waals surface area contributed by atoms with Crippen molar-refractivity contribution in [3.8, 4) is 0 Å². The molecule has 0 spiro atoms. The van der Waals surface area contributed by atoms with Crippen LogP contribution in [0.1, 0.15) is 16.8 Å². The molecule has 1 aromatic heterocycles. The number of hydrogen-bond acceptors (Lipinski definition) is 4. The number of H-pyrrole nitrogens is 1. The first-order valence-corrected chi connectivity index (χ1v) is 9.59. The molecular weight excluding hydrogens is 380 g/mol. The van der Waals surface area contributed by atoms with Crippen molar-refractivity contribution in [2.45, 2.75) is 25.5 Å². The van der Waals surface area contributed by atoms with Crippen molar-refractivity contribution in [1.29, 1.82) is 0 Å². The van der Waals surface area contributed by atoms with E-state index in [-0.39, 0.29) is 12.4 Å². The molecular formula is C23H24N4O3. The quantitative estimate of drug-likeness (QED) is 0.433. The van der Waals surface area contributed by atoms with E-state index in [0.717, 1.165) is 16.8 Å². The van der Waals surface area contributed by atoms with Gasteiger partial charge in [0, 0.05) is 18.0 Å². The Morgan fingerprint density at radius 2 is 1.77 bits per heavy atom. The molecule has 1 heterocycles. The second kappa shape index (κ2) is 10.2. The Labute approximate surface area is 174 Å². The maximum absolute atomic E-state index is 12.5. The minimum atomic E-state index is -1.47. The summed E-state index contributed by atoms with van der Waals surface area (Å²) in [6.45, 7) is 1.80. The molecule has 0 saturated carbocycles. The lowest BCUT2D eigenvalue weighted by molar-refractivity contribution is -0.126. The highest BCUT2D eigenvalue weighted by Crippen LogP contribution is 2.10. The smallest absolute Gasteiger partial charge is 0.257 e. The van der Waals surface area contributed by atoms with Crippen LogP contribution in [-0.4, -0.2) is 39.0 Å². The van der Waals surface area contributed by atoms with E-state index in [4.69, 9.17) is 0 Å². The fourth-order valence-corrected chi connectivity index (χ4v) is 2.93. The van der Waals surface area contributed by atoms with Crippen LogP contribution in [0.25, 0.3) is 6.08 Å². The number of imidazole rings is 1. The molecule has 0 unspecified atom stereocenters. The van der Waals surface area contributed by atoms with Gasteiger partial charge in [0.05, 0.1) is 6.04 Å². The highest BCUT2D eigenvalue weighted by molar-refractivity contribution is 5.95. The van der Waals surface area contributed by atoms with E-state index >= 15 is 0 Å². The van der Waals surface area contributed by atoms with Crippen LogP contribution >= 0.6 is 0 Å². The van der Waals surface area contributed by atoms with E-state index in [0.29, 0.717) is 0 Å². The molecule has 2 atom stereocenters. The summed E-state index contributed by atoms with van der Waals surface area (Å²) >= 11 is 0. The summed E-state index contributed by atoms with van der Waals surface area (Å²) in [7, 11) is 0. The Hall–Kier alpha value is -3.71. The van der Waals surface area contributed by atoms with Gasteiger partial charge in [-0.15, -0.1) is 0 Å². The van der Waals surface area contributed by atoms with Crippen molar-refractivity contribution in [2.75, 3.05) is 5.32 Å². The molecule has 3 aromatic rings. The average Bonchev–Trinajstić information content (AvgIpc) is 3.17. The number of amides is 2. The van der Waals surface area contributed by atoms with Gasteiger partial charge in [-0.25, -0.2) is 4.98 Å². The normalized spacial score (nSPS) is 13.0. The fraction of sp³-hybridized carbons (Fsp3) is 0.174. The van der Waals surface area contributed by atoms with Gasteiger partial charge >= 0.3 is 0 Å². The number of carbonyl (C=O) groups excluding carboxylic acids is 2. The molecule has 0 radical (unpaired) electrons. The second-order valence-corrected chi connectivity index (χ2v) is 6.90. The number of aliphatic hydroxyl groups excluding tert-OH is 1. The highest BCUT2D eigenvalue weighted by atomic mass is 16.3. The van der Waals surface area contributed by atoms with Gasteiger partial charge in [-0.3, -0.25) is 14.9 Å². The van der Waals surface area contributed by atoms with Gasteiger partial charge in [0.25, 0.3) is 5.91 Å². The summed E-state index contributed by atoms with van der Waals surface area (Å²) in [6, 6.07) is 17.9. The summed E-state index contributed by atoms with van der Waals surface area (Å²) in [4.78, 5) is 31.9. The van der Waals surface area contributed by atoms with E-state index in [9.17, 15) is 14.7 Å². The predicted molar refractivity (Wildman–Crippen MR) is 116 cm³/mol. The third kappa shape index (κ3) is 6.15. The van der Waals surface area contributed by atoms with E-state index in [2.05, 4.69) is 20.6 Å². The molecule has 0 saturated heterocycles. The molecule has 154 valence electrons. The first-order valence-electron chi connectivity index (χ1n) is 9.59. The number of aliphatic hydroxyl groups is 1. The first-order chi connectivity index (χ1) is 14.5. The van der Waals surface area contributed by atoms with Crippen molar-refractivity contribution < 1.29 is 14.7 Å². The summed E-state index contributed by atoms with van der Waals surface area (Å²) in [6.07, 6.45) is 3.45. The molecule has 0 aliphatic carbocycles. The minimum absolute atomic E-state index is 0.241. The van der Waals surface area contributed by atoms with Gasteiger partial charge in [0.1, 0.15) is 0 Å². The van der Waals surface area contributed by atoms with Crippen LogP contribution < -0.4 is 10.6 Å². The van der Waals surface area contributed by atoms with Gasteiger partial charge in [-0.05, 0) is 30.5 Å². The molecule has 4 N–H and O–H groups in total. The average molecular weight is 404 g/mol. The van der Waals surface area contributed by atoms with Crippen molar-refractivity contribution in [3.63, 3.8) is 0 Å². The molecule has 7 heteroatoms. The zero-order valence-electron chi connectivity index (χ0n) is 16.6. The molecule has 0 aliphatic heterocycles. The number of aromatic nitrogens is 2. The molecule has 0 aliphatic rings. The molecule has 3 rings (SSSR count). The standard InChI is InChI=1S/C23H24N4O3/c1-16-15-24-23(25-16)27-22(30)21(29)19(14-18-10-6-3-7-11-18)26-20(28)13-12-17-8-4-2-5-9-17/h2-13,15,19,21,29H,14H2,1H3,(H,26,28)(H2,24,25,27,30)/b13-12+/t19-,21+/m0/s1. The maximum Gasteiger partial charge on any atom is 0.257 e. The molecule has 30 heavy (non-hydrogen) atoms. The zero-order chi connectivity index (χ0) is 21.3. The first kappa shape index (κ1) is 21.0. The fourth-order valence-electron chi connectivity index (χ4n) is 2.93. The third-order valence-electron chi connectivity index (χ3n) is 4.45. The molecule has 0 fully saturated rings. The van der Waals surface area contributed by atoms with Gasteiger partial charge in [0.15, 0.2) is 6.10 Å². The Kier molecular flexibility index (Phi) is 7.13. The molecule has 0 bridgehead atoms. The number of rotatable bonds is 8. The lowest BCUT2D eigenvalue weighted by Gasteiger charge is -2.23. The van der Waals surface area contributed by atoms with E-state index < -0.39 is 24.0 Å². The molecule has 2 aromatic carbocycles. The summed E-state index contributed by atoms with van der Waals surface area (Å²) in [5.74, 6) is -0.816. The summed E-state index contributed by atoms with van der Waals surface area (Å²) in [5.41, 5.74) is 2.54. The Morgan fingerprint density at radius 1 is 1.10 bits per heavy atom. The maximum atomic E-state index is 12.5. The Morgan fingerprint density at radius 3 is 2.40 bits per heavy atom. The molecule has 2 amide bonds. The van der Waals surface area contributed by atoms with E-state index in [1.54, 1.807) is 19.2 Å². The number of benzene rings is 2.